The number of ether oxygens (including phenoxy) is 1. The smallest absolute Gasteiger partial charge is 0.331 e. The van der Waals surface area contributed by atoms with Crippen molar-refractivity contribution < 1.29 is 14.3 Å². The lowest BCUT2D eigenvalue weighted by molar-refractivity contribution is -0.142. The maximum absolute atomic E-state index is 11.7. The number of aryl methyl sites for hydroxylation is 1. The van der Waals surface area contributed by atoms with Crippen molar-refractivity contribution in [3.8, 4) is 0 Å². The summed E-state index contributed by atoms with van der Waals surface area (Å²) in [6, 6.07) is 10.9. The average Bonchev–Trinajstić information content (AvgIpc) is 2.54. The van der Waals surface area contributed by atoms with Gasteiger partial charge in [0.15, 0.2) is 11.8 Å². The lowest BCUT2D eigenvalue weighted by Gasteiger charge is -2.06. The maximum atomic E-state index is 11.7. The fourth-order valence-electron chi connectivity index (χ4n) is 1.69. The van der Waals surface area contributed by atoms with Gasteiger partial charge in [-0.15, -0.1) is 0 Å². The first-order valence-electron chi connectivity index (χ1n) is 6.86. The van der Waals surface area contributed by atoms with Gasteiger partial charge in [0.25, 0.3) is 5.91 Å². The van der Waals surface area contributed by atoms with E-state index in [9.17, 15) is 9.59 Å². The number of amides is 1. The molecule has 6 heteroatoms. The van der Waals surface area contributed by atoms with Crippen LogP contribution in [-0.2, 0) is 14.3 Å². The Balaban J connectivity index is 1.81. The second-order valence-corrected chi connectivity index (χ2v) is 5.10. The lowest BCUT2D eigenvalue weighted by Crippen LogP contribution is -2.20. The standard InChI is InChI=1S/C17H15ClN2O3/c1-12-4-6-13(7-5-12)8-9-16(22)23-11-15(21)20-14-3-2-10-19-17(14)18/h2-10H,11H2,1H3,(H,20,21)/b9-8+. The van der Waals surface area contributed by atoms with Crippen molar-refractivity contribution in [3.63, 3.8) is 0 Å². The van der Waals surface area contributed by atoms with Gasteiger partial charge in [0.05, 0.1) is 5.69 Å². The molecule has 2 aromatic rings. The first-order valence-corrected chi connectivity index (χ1v) is 7.24. The summed E-state index contributed by atoms with van der Waals surface area (Å²) in [5.41, 5.74) is 2.38. The molecule has 0 aliphatic carbocycles. The summed E-state index contributed by atoms with van der Waals surface area (Å²) < 4.78 is 4.86. The molecule has 0 aliphatic rings. The number of pyridine rings is 1. The van der Waals surface area contributed by atoms with E-state index in [1.807, 2.05) is 31.2 Å². The molecule has 5 nitrogen and oxygen atoms in total. The summed E-state index contributed by atoms with van der Waals surface area (Å²) >= 11 is 5.81. The van der Waals surface area contributed by atoms with Gasteiger partial charge in [0.2, 0.25) is 0 Å². The molecule has 0 radical (unpaired) electrons. The molecule has 118 valence electrons. The van der Waals surface area contributed by atoms with Gasteiger partial charge in [-0.3, -0.25) is 4.79 Å². The van der Waals surface area contributed by atoms with Crippen LogP contribution in [0, 0.1) is 6.92 Å². The molecule has 1 amide bonds. The van der Waals surface area contributed by atoms with Crippen LogP contribution in [0.25, 0.3) is 6.08 Å². The highest BCUT2D eigenvalue weighted by molar-refractivity contribution is 6.32. The molecule has 0 fully saturated rings. The third kappa shape index (κ3) is 5.56. The van der Waals surface area contributed by atoms with Crippen LogP contribution in [0.1, 0.15) is 11.1 Å². The highest BCUT2D eigenvalue weighted by Gasteiger charge is 2.08. The minimum absolute atomic E-state index is 0.173. The van der Waals surface area contributed by atoms with E-state index in [4.69, 9.17) is 16.3 Å². The first-order chi connectivity index (χ1) is 11.0. The second-order valence-electron chi connectivity index (χ2n) is 4.74. The van der Waals surface area contributed by atoms with Crippen LogP contribution in [0.15, 0.2) is 48.7 Å². The monoisotopic (exact) mass is 330 g/mol. The van der Waals surface area contributed by atoms with Crippen molar-refractivity contribution in [1.82, 2.24) is 4.98 Å². The van der Waals surface area contributed by atoms with Crippen LogP contribution in [-0.4, -0.2) is 23.5 Å². The minimum atomic E-state index is -0.599. The topological polar surface area (TPSA) is 68.3 Å². The summed E-state index contributed by atoms with van der Waals surface area (Å²) in [6.45, 7) is 1.58. The summed E-state index contributed by atoms with van der Waals surface area (Å²) in [7, 11) is 0. The summed E-state index contributed by atoms with van der Waals surface area (Å²) in [4.78, 5) is 27.1. The average molecular weight is 331 g/mol. The Bertz CT molecular complexity index is 727. The van der Waals surface area contributed by atoms with Gasteiger partial charge < -0.3 is 10.1 Å². The molecular formula is C17H15ClN2O3. The van der Waals surface area contributed by atoms with E-state index in [2.05, 4.69) is 10.3 Å². The van der Waals surface area contributed by atoms with Crippen molar-refractivity contribution in [3.05, 3.63) is 65.0 Å². The number of carbonyl (C=O) groups excluding carboxylic acids is 2. The summed E-state index contributed by atoms with van der Waals surface area (Å²) in [5.74, 6) is -1.09. The molecule has 0 unspecified atom stereocenters. The molecule has 0 saturated heterocycles. The fourth-order valence-corrected chi connectivity index (χ4v) is 1.86. The third-order valence-electron chi connectivity index (χ3n) is 2.87. The SMILES string of the molecule is Cc1ccc(/C=C/C(=O)OCC(=O)Nc2cccnc2Cl)cc1. The van der Waals surface area contributed by atoms with E-state index < -0.39 is 18.5 Å². The van der Waals surface area contributed by atoms with E-state index >= 15 is 0 Å². The van der Waals surface area contributed by atoms with Crippen LogP contribution in [0.4, 0.5) is 5.69 Å². The fraction of sp³-hybridized carbons (Fsp3) is 0.118. The largest absolute Gasteiger partial charge is 0.452 e. The molecule has 1 heterocycles. The molecule has 0 aliphatic heterocycles. The first kappa shape index (κ1) is 16.7. The van der Waals surface area contributed by atoms with Gasteiger partial charge in [0, 0.05) is 12.3 Å². The number of benzene rings is 1. The van der Waals surface area contributed by atoms with Crippen molar-refractivity contribution in [1.29, 1.82) is 0 Å². The molecule has 0 saturated carbocycles. The number of anilines is 1. The van der Waals surface area contributed by atoms with Gasteiger partial charge in [-0.25, -0.2) is 9.78 Å². The highest BCUT2D eigenvalue weighted by Crippen LogP contribution is 2.17. The molecule has 0 atom stereocenters. The predicted molar refractivity (Wildman–Crippen MR) is 89.0 cm³/mol. The summed E-state index contributed by atoms with van der Waals surface area (Å²) in [5, 5.41) is 2.68. The maximum Gasteiger partial charge on any atom is 0.331 e. The van der Waals surface area contributed by atoms with Crippen molar-refractivity contribution in [2.75, 3.05) is 11.9 Å². The minimum Gasteiger partial charge on any atom is -0.452 e. The molecule has 1 aromatic heterocycles. The Hall–Kier alpha value is -2.66. The second kappa shape index (κ2) is 8.10. The van der Waals surface area contributed by atoms with Gasteiger partial charge in [-0.1, -0.05) is 41.4 Å². The highest BCUT2D eigenvalue weighted by atomic mass is 35.5. The zero-order valence-corrected chi connectivity index (χ0v) is 13.2. The molecule has 0 spiro atoms. The quantitative estimate of drug-likeness (QED) is 0.519. The Morgan fingerprint density at radius 3 is 2.70 bits per heavy atom. The molecule has 2 rings (SSSR count). The zero-order chi connectivity index (χ0) is 16.7. The number of nitrogens with zero attached hydrogens (tertiary/aromatic N) is 1. The Morgan fingerprint density at radius 2 is 2.00 bits per heavy atom. The number of rotatable bonds is 5. The van der Waals surface area contributed by atoms with Crippen LogP contribution in [0.2, 0.25) is 5.15 Å². The zero-order valence-electron chi connectivity index (χ0n) is 12.5. The Kier molecular flexibility index (Phi) is 5.88. The molecular weight excluding hydrogens is 316 g/mol. The van der Waals surface area contributed by atoms with Gasteiger partial charge in [-0.2, -0.15) is 0 Å². The molecule has 0 bridgehead atoms. The van der Waals surface area contributed by atoms with Crippen LogP contribution in [0.3, 0.4) is 0 Å². The van der Waals surface area contributed by atoms with E-state index in [-0.39, 0.29) is 5.15 Å². The molecule has 1 aromatic carbocycles. The van der Waals surface area contributed by atoms with Crippen LogP contribution >= 0.6 is 11.6 Å². The van der Waals surface area contributed by atoms with E-state index in [0.717, 1.165) is 11.1 Å². The predicted octanol–water partition coefficient (Wildman–Crippen LogP) is 3.24. The number of nitrogens with one attached hydrogen (secondary N) is 1. The third-order valence-corrected chi connectivity index (χ3v) is 3.17. The number of esters is 1. The van der Waals surface area contributed by atoms with Gasteiger partial charge in [-0.05, 0) is 30.7 Å². The van der Waals surface area contributed by atoms with Crippen LogP contribution in [0.5, 0.6) is 0 Å². The van der Waals surface area contributed by atoms with Gasteiger partial charge in [0.1, 0.15) is 0 Å². The van der Waals surface area contributed by atoms with E-state index in [0.29, 0.717) is 5.69 Å². The van der Waals surface area contributed by atoms with Crippen molar-refractivity contribution in [2.45, 2.75) is 6.92 Å². The molecule has 23 heavy (non-hydrogen) atoms. The number of halogens is 1. The number of carbonyl (C=O) groups is 2. The number of hydrogen-bond acceptors (Lipinski definition) is 4. The summed E-state index contributed by atoms with van der Waals surface area (Å²) in [6.07, 6.45) is 4.40. The normalized spacial score (nSPS) is 10.5. The van der Waals surface area contributed by atoms with Crippen LogP contribution < -0.4 is 5.32 Å². The number of hydrogen-bond donors (Lipinski definition) is 1. The van der Waals surface area contributed by atoms with Gasteiger partial charge >= 0.3 is 5.97 Å². The molecule has 1 N–H and O–H groups in total. The van der Waals surface area contributed by atoms with E-state index in [1.165, 1.54) is 12.3 Å². The Labute approximate surface area is 138 Å². The Morgan fingerprint density at radius 1 is 1.26 bits per heavy atom. The van der Waals surface area contributed by atoms with Crippen molar-refractivity contribution in [2.24, 2.45) is 0 Å². The van der Waals surface area contributed by atoms with Crippen molar-refractivity contribution >= 4 is 35.2 Å². The number of aromatic nitrogens is 1. The van der Waals surface area contributed by atoms with E-state index in [1.54, 1.807) is 18.2 Å². The lowest BCUT2D eigenvalue weighted by atomic mass is 10.1.